The fourth-order valence-corrected chi connectivity index (χ4v) is 3.39. The molecule has 0 bridgehead atoms. The van der Waals surface area contributed by atoms with Crippen molar-refractivity contribution < 1.29 is 4.74 Å². The fourth-order valence-electron chi connectivity index (χ4n) is 3.39. The van der Waals surface area contributed by atoms with Crippen LogP contribution in [0, 0.1) is 25.7 Å². The maximum Gasteiger partial charge on any atom is 0.127 e. The van der Waals surface area contributed by atoms with Crippen LogP contribution < -0.4 is 10.5 Å². The largest absolute Gasteiger partial charge is 0.493 e. The van der Waals surface area contributed by atoms with Crippen molar-refractivity contribution in [2.24, 2.45) is 17.6 Å². The molecule has 0 saturated heterocycles. The summed E-state index contributed by atoms with van der Waals surface area (Å²) in [5.74, 6) is 2.32. The van der Waals surface area contributed by atoms with Gasteiger partial charge in [0.2, 0.25) is 0 Å². The van der Waals surface area contributed by atoms with Gasteiger partial charge in [-0.1, -0.05) is 34.6 Å². The van der Waals surface area contributed by atoms with Gasteiger partial charge in [0, 0.05) is 11.6 Å². The standard InChI is InChI=1S/C21H37NO.ClH/c1-9-19(22)20-16(8)15(7)17(11-13(3)4)18(12-14(5)6)21(20)23-10-2;/h13-14,19H,9-12,22H2,1-8H3;1H. The molecule has 1 unspecified atom stereocenters. The second kappa shape index (κ2) is 10.3. The lowest BCUT2D eigenvalue weighted by atomic mass is 9.82. The number of nitrogens with two attached hydrogens (primary N) is 1. The first-order valence-corrected chi connectivity index (χ1v) is 9.27. The van der Waals surface area contributed by atoms with Gasteiger partial charge in [0.05, 0.1) is 6.61 Å². The summed E-state index contributed by atoms with van der Waals surface area (Å²) in [5.41, 5.74) is 13.3. The summed E-state index contributed by atoms with van der Waals surface area (Å²) in [5, 5.41) is 0. The van der Waals surface area contributed by atoms with E-state index in [1.807, 2.05) is 0 Å². The molecule has 1 atom stereocenters. The van der Waals surface area contributed by atoms with E-state index in [0.717, 1.165) is 25.0 Å². The Bertz CT molecular complexity index is 523. The average molecular weight is 356 g/mol. The van der Waals surface area contributed by atoms with E-state index in [1.165, 1.54) is 27.8 Å². The van der Waals surface area contributed by atoms with Crippen LogP contribution in [0.1, 0.15) is 81.8 Å². The third kappa shape index (κ3) is 5.39. The van der Waals surface area contributed by atoms with E-state index in [9.17, 15) is 0 Å². The Labute approximate surface area is 156 Å². The quantitative estimate of drug-likeness (QED) is 0.627. The summed E-state index contributed by atoms with van der Waals surface area (Å²) in [7, 11) is 0. The number of benzene rings is 1. The molecule has 0 radical (unpaired) electrons. The van der Waals surface area contributed by atoms with E-state index in [2.05, 4.69) is 55.4 Å². The molecule has 0 saturated carbocycles. The molecule has 1 aromatic carbocycles. The van der Waals surface area contributed by atoms with E-state index < -0.39 is 0 Å². The van der Waals surface area contributed by atoms with Gasteiger partial charge in [-0.15, -0.1) is 12.4 Å². The lowest BCUT2D eigenvalue weighted by Gasteiger charge is -2.28. The zero-order valence-corrected chi connectivity index (χ0v) is 17.8. The van der Waals surface area contributed by atoms with E-state index >= 15 is 0 Å². The van der Waals surface area contributed by atoms with Gasteiger partial charge in [0.25, 0.3) is 0 Å². The van der Waals surface area contributed by atoms with E-state index in [4.69, 9.17) is 10.5 Å². The van der Waals surface area contributed by atoms with Gasteiger partial charge in [-0.2, -0.15) is 0 Å². The van der Waals surface area contributed by atoms with Gasteiger partial charge in [0.1, 0.15) is 5.75 Å². The minimum absolute atomic E-state index is 0. The van der Waals surface area contributed by atoms with Crippen molar-refractivity contribution in [2.45, 2.75) is 80.7 Å². The lowest BCUT2D eigenvalue weighted by Crippen LogP contribution is -2.18. The first kappa shape index (κ1) is 23.3. The van der Waals surface area contributed by atoms with Crippen molar-refractivity contribution in [3.8, 4) is 5.75 Å². The molecule has 0 spiro atoms. The zero-order valence-electron chi connectivity index (χ0n) is 17.0. The Morgan fingerprint density at radius 3 is 1.79 bits per heavy atom. The van der Waals surface area contributed by atoms with Gasteiger partial charge in [-0.3, -0.25) is 0 Å². The maximum absolute atomic E-state index is 6.47. The summed E-state index contributed by atoms with van der Waals surface area (Å²) >= 11 is 0. The predicted octanol–water partition coefficient (Wildman–Crippen LogP) is 5.93. The molecule has 1 rings (SSSR count). The first-order valence-electron chi connectivity index (χ1n) is 9.27. The van der Waals surface area contributed by atoms with Crippen LogP contribution in [0.25, 0.3) is 0 Å². The highest BCUT2D eigenvalue weighted by molar-refractivity contribution is 5.85. The second-order valence-electron chi connectivity index (χ2n) is 7.59. The van der Waals surface area contributed by atoms with Crippen molar-refractivity contribution in [3.05, 3.63) is 27.8 Å². The Morgan fingerprint density at radius 1 is 0.875 bits per heavy atom. The second-order valence-corrected chi connectivity index (χ2v) is 7.59. The van der Waals surface area contributed by atoms with Gasteiger partial charge >= 0.3 is 0 Å². The maximum atomic E-state index is 6.47. The minimum atomic E-state index is 0. The molecule has 0 aliphatic heterocycles. The van der Waals surface area contributed by atoms with Crippen LogP contribution in [0.2, 0.25) is 0 Å². The van der Waals surface area contributed by atoms with Crippen molar-refractivity contribution >= 4 is 12.4 Å². The van der Waals surface area contributed by atoms with Crippen LogP contribution in [-0.2, 0) is 12.8 Å². The van der Waals surface area contributed by atoms with E-state index in [-0.39, 0.29) is 18.4 Å². The number of hydrogen-bond acceptors (Lipinski definition) is 2. The molecular formula is C21H38ClNO. The number of ether oxygens (including phenoxy) is 1. The minimum Gasteiger partial charge on any atom is -0.493 e. The highest BCUT2D eigenvalue weighted by Gasteiger charge is 2.24. The fraction of sp³-hybridized carbons (Fsp3) is 0.714. The lowest BCUT2D eigenvalue weighted by molar-refractivity contribution is 0.327. The summed E-state index contributed by atoms with van der Waals surface area (Å²) in [6.07, 6.45) is 3.10. The zero-order chi connectivity index (χ0) is 17.7. The highest BCUT2D eigenvalue weighted by atomic mass is 35.5. The molecule has 0 aromatic heterocycles. The van der Waals surface area contributed by atoms with Gasteiger partial charge in [0.15, 0.2) is 0 Å². The van der Waals surface area contributed by atoms with Crippen LogP contribution in [0.15, 0.2) is 0 Å². The van der Waals surface area contributed by atoms with E-state index in [1.54, 1.807) is 0 Å². The monoisotopic (exact) mass is 355 g/mol. The predicted molar refractivity (Wildman–Crippen MR) is 109 cm³/mol. The van der Waals surface area contributed by atoms with Gasteiger partial charge in [-0.25, -0.2) is 0 Å². The van der Waals surface area contributed by atoms with Crippen molar-refractivity contribution in [2.75, 3.05) is 6.61 Å². The first-order chi connectivity index (χ1) is 10.7. The Kier molecular flexibility index (Phi) is 9.99. The SMILES string of the molecule is CCOc1c(CC(C)C)c(CC(C)C)c(C)c(C)c1C(N)CC.Cl. The third-order valence-electron chi connectivity index (χ3n) is 4.63. The van der Waals surface area contributed by atoms with Gasteiger partial charge in [-0.05, 0) is 74.1 Å². The molecule has 0 aliphatic carbocycles. The van der Waals surface area contributed by atoms with Crippen molar-refractivity contribution in [3.63, 3.8) is 0 Å². The van der Waals surface area contributed by atoms with Crippen LogP contribution >= 0.6 is 12.4 Å². The Balaban J connectivity index is 0.00000529. The van der Waals surface area contributed by atoms with Crippen molar-refractivity contribution in [1.82, 2.24) is 0 Å². The molecule has 0 heterocycles. The normalized spacial score (nSPS) is 12.5. The average Bonchev–Trinajstić information content (AvgIpc) is 2.47. The molecule has 0 amide bonds. The molecular weight excluding hydrogens is 318 g/mol. The van der Waals surface area contributed by atoms with E-state index in [0.29, 0.717) is 18.4 Å². The smallest absolute Gasteiger partial charge is 0.127 e. The molecule has 0 aliphatic rings. The molecule has 2 nitrogen and oxygen atoms in total. The Hall–Kier alpha value is -0.730. The van der Waals surface area contributed by atoms with Crippen LogP contribution in [0.3, 0.4) is 0 Å². The number of halogens is 1. The molecule has 140 valence electrons. The van der Waals surface area contributed by atoms with Crippen LogP contribution in [0.5, 0.6) is 5.75 Å². The number of hydrogen-bond donors (Lipinski definition) is 1. The summed E-state index contributed by atoms with van der Waals surface area (Å²) in [4.78, 5) is 0. The number of rotatable bonds is 8. The molecule has 1 aromatic rings. The Morgan fingerprint density at radius 2 is 1.38 bits per heavy atom. The summed E-state index contributed by atoms with van der Waals surface area (Å²) in [6, 6.07) is 0.0502. The summed E-state index contributed by atoms with van der Waals surface area (Å²) in [6.45, 7) is 18.5. The molecule has 3 heteroatoms. The third-order valence-corrected chi connectivity index (χ3v) is 4.63. The van der Waals surface area contributed by atoms with Gasteiger partial charge < -0.3 is 10.5 Å². The topological polar surface area (TPSA) is 35.2 Å². The van der Waals surface area contributed by atoms with Crippen LogP contribution in [0.4, 0.5) is 0 Å². The van der Waals surface area contributed by atoms with Crippen LogP contribution in [-0.4, -0.2) is 6.61 Å². The molecule has 0 fully saturated rings. The molecule has 24 heavy (non-hydrogen) atoms. The highest BCUT2D eigenvalue weighted by Crippen LogP contribution is 2.40. The molecule has 2 N–H and O–H groups in total. The van der Waals surface area contributed by atoms with Crippen molar-refractivity contribution in [1.29, 1.82) is 0 Å². The summed E-state index contributed by atoms with van der Waals surface area (Å²) < 4.78 is 6.17.